The molecule has 0 rings (SSSR count). The molecule has 3 N–H and O–H groups in total. The van der Waals surface area contributed by atoms with Gasteiger partial charge in [-0.2, -0.15) is 0 Å². The van der Waals surface area contributed by atoms with E-state index in [9.17, 15) is 4.57 Å². The summed E-state index contributed by atoms with van der Waals surface area (Å²) >= 11 is 0. The van der Waals surface area contributed by atoms with Crippen LogP contribution in [0.1, 0.15) is 0 Å². The van der Waals surface area contributed by atoms with Crippen LogP contribution in [0.3, 0.4) is 0 Å². The van der Waals surface area contributed by atoms with E-state index in [2.05, 4.69) is 0 Å². The fourth-order valence-electron chi connectivity index (χ4n) is 0. The third-order valence-corrected chi connectivity index (χ3v) is 0. The summed E-state index contributed by atoms with van der Waals surface area (Å²) in [4.78, 5) is 24.3. The van der Waals surface area contributed by atoms with Crippen molar-refractivity contribution in [3.8, 4) is 0 Å². The zero-order valence-corrected chi connectivity index (χ0v) is 14.4. The van der Waals surface area contributed by atoms with Crippen molar-refractivity contribution in [1.29, 1.82) is 0 Å². The molecule has 0 saturated carbocycles. The minimum absolute atomic E-state index is 0. The summed E-state index contributed by atoms with van der Waals surface area (Å²) in [7, 11) is -3.88. The molecule has 0 aliphatic rings. The topological polar surface area (TPSA) is 77.8 Å². The maximum Gasteiger partial charge on any atom is 0.194 e. The Hall–Kier alpha value is 1.66. The molecule has 0 fully saturated rings. The second-order valence-electron chi connectivity index (χ2n) is 2.99. The molecule has 0 spiro atoms. The van der Waals surface area contributed by atoms with Crippen molar-refractivity contribution in [1.82, 2.24) is 0 Å². The van der Waals surface area contributed by atoms with Gasteiger partial charge in [0.1, 0.15) is 0 Å². The van der Waals surface area contributed by atoms with Gasteiger partial charge in [0.05, 0.1) is 0 Å². The van der Waals surface area contributed by atoms with Crippen molar-refractivity contribution in [2.24, 2.45) is 0 Å². The molecule has 0 aromatic carbocycles. The molecule has 0 unspecified atom stereocenters. The zero-order valence-electron chi connectivity index (χ0n) is 9.41. The second-order valence-corrected chi connectivity index (χ2v) is 8.97. The first-order chi connectivity index (χ1) is 5.46. The van der Waals surface area contributed by atoms with Gasteiger partial charge >= 0.3 is 0 Å². The average molecular weight is 445 g/mol. The summed E-state index contributed by atoms with van der Waals surface area (Å²) in [5.41, 5.74) is 0. The average Bonchev–Trinajstić information content (AvgIpc) is 1.50. The smallest absolute Gasteiger partial charge is 0.194 e. The quantitative estimate of drug-likeness (QED) is 0.497. The van der Waals surface area contributed by atoms with Crippen molar-refractivity contribution in [2.45, 2.75) is 0 Å². The Morgan fingerprint density at radius 1 is 0.929 bits per heavy atom. The van der Waals surface area contributed by atoms with Crippen LogP contribution in [0.25, 0.3) is 0 Å². The van der Waals surface area contributed by atoms with Crippen LogP contribution in [0, 0.1) is 0 Å². The molecule has 0 aromatic rings. The molecule has 0 amide bonds. The third kappa shape index (κ3) is 796. The van der Waals surface area contributed by atoms with Gasteiger partial charge in [0.2, 0.25) is 0 Å². The third-order valence-electron chi connectivity index (χ3n) is 0. The summed E-state index contributed by atoms with van der Waals surface area (Å²) in [6, 6.07) is 0. The van der Waals surface area contributed by atoms with Crippen LogP contribution in [0.15, 0.2) is 0 Å². The number of rotatable bonds is 0. The molecule has 0 heterocycles. The Balaban J connectivity index is -0.0000000522. The van der Waals surface area contributed by atoms with Crippen LogP contribution < -0.4 is 0 Å². The molecule has 8 heteroatoms. The van der Waals surface area contributed by atoms with Crippen LogP contribution in [0.5, 0.6) is 0 Å². The maximum atomic E-state index is 9.77. The Kier molecular flexibility index (Phi) is 25.9. The zero-order chi connectivity index (χ0) is 11.7. The Morgan fingerprint density at radius 3 is 0.929 bits per heavy atom. The van der Waals surface area contributed by atoms with Gasteiger partial charge in [-0.05, 0) is 26.7 Å². The van der Waals surface area contributed by atoms with Gasteiger partial charge in [0, 0.05) is 50.7 Å². The van der Waals surface area contributed by atoms with Gasteiger partial charge in [-0.25, -0.2) is 0 Å². The van der Waals surface area contributed by atoms with Crippen molar-refractivity contribution < 1.29 is 40.3 Å². The first kappa shape index (κ1) is 24.8. The summed E-state index contributed by atoms with van der Waals surface area (Å²) in [6.45, 7) is 9.75. The van der Waals surface area contributed by atoms with E-state index in [0.717, 1.165) is 0 Å². The summed E-state index contributed by atoms with van der Waals surface area (Å²) in [5.74, 6) is 0. The molecule has 0 saturated heterocycles. The first-order valence-electron chi connectivity index (χ1n) is 3.47. The Labute approximate surface area is 104 Å². The van der Waals surface area contributed by atoms with Crippen LogP contribution in [-0.2, 0) is 25.6 Å². The molecule has 94 valence electrons. The second kappa shape index (κ2) is 14.7. The van der Waals surface area contributed by atoms with E-state index in [1.165, 1.54) is 13.3 Å². The van der Waals surface area contributed by atoms with Gasteiger partial charge in [0.15, 0.2) is 7.37 Å². The summed E-state index contributed by atoms with van der Waals surface area (Å²) in [6.07, 6.45) is 0. The fourth-order valence-corrected chi connectivity index (χ4v) is 0. The van der Waals surface area contributed by atoms with Crippen LogP contribution in [-0.4, -0.2) is 54.7 Å². The molecule has 0 bridgehead atoms. The van der Waals surface area contributed by atoms with E-state index >= 15 is 0 Å². The van der Waals surface area contributed by atoms with Gasteiger partial charge < -0.3 is 14.7 Å². The van der Waals surface area contributed by atoms with Crippen LogP contribution in [0.2, 0.25) is 0 Å². The molecule has 0 aliphatic heterocycles. The maximum absolute atomic E-state index is 9.77. The summed E-state index contributed by atoms with van der Waals surface area (Å²) in [5, 5.41) is 0. The summed E-state index contributed by atoms with van der Waals surface area (Å²) < 4.78 is 9.77. The largest absolute Gasteiger partial charge is 0.374 e. The van der Waals surface area contributed by atoms with Gasteiger partial charge in [0.25, 0.3) is 0 Å². The minimum Gasteiger partial charge on any atom is -0.374 e. The molecule has 0 radical (unpaired) electrons. The van der Waals surface area contributed by atoms with E-state index in [0.29, 0.717) is 0 Å². The Morgan fingerprint density at radius 2 is 0.929 bits per heavy atom. The molecular formula is C6H21O4P3Pt. The first-order valence-corrected chi connectivity index (χ1v) is 10.4. The van der Waals surface area contributed by atoms with E-state index in [1.807, 2.05) is 0 Å². The van der Waals surface area contributed by atoms with Crippen molar-refractivity contribution in [3.05, 3.63) is 0 Å². The molecular weight excluding hydrogens is 424 g/mol. The normalized spacial score (nSPS) is 9.36. The van der Waals surface area contributed by atoms with Crippen molar-refractivity contribution >= 4 is 23.7 Å². The minimum atomic E-state index is -2.64. The van der Waals surface area contributed by atoms with Crippen molar-refractivity contribution in [2.75, 3.05) is 40.0 Å². The van der Waals surface area contributed by atoms with Gasteiger partial charge in [-0.15, -0.1) is 0 Å². The van der Waals surface area contributed by atoms with Crippen LogP contribution in [0.4, 0.5) is 0 Å². The van der Waals surface area contributed by atoms with E-state index < -0.39 is 23.7 Å². The molecule has 0 aliphatic carbocycles. The van der Waals surface area contributed by atoms with Crippen molar-refractivity contribution in [3.63, 3.8) is 0 Å². The predicted octanol–water partition coefficient (Wildman–Crippen LogP) is 1.78. The SMILES string of the molecule is CP(C)(=O)O.CP(C)O.CP(C)O.[Pt]. The van der Waals surface area contributed by atoms with E-state index in [1.54, 1.807) is 26.7 Å². The Bertz CT molecular complexity index is 117. The van der Waals surface area contributed by atoms with Gasteiger partial charge in [-0.1, -0.05) is 0 Å². The standard InChI is InChI=1S/C2H7O2P.2C2H7OP.Pt/c1-5(2,3)4;2*1-4(2)3;/h1-2H3,(H,3,4);2*3H,1-2H3;. The number of hydrogen-bond donors (Lipinski definition) is 3. The van der Waals surface area contributed by atoms with Crippen LogP contribution >= 0.6 is 23.7 Å². The van der Waals surface area contributed by atoms with E-state index in [4.69, 9.17) is 14.7 Å². The van der Waals surface area contributed by atoms with E-state index in [-0.39, 0.29) is 21.1 Å². The van der Waals surface area contributed by atoms with Gasteiger partial charge in [-0.3, -0.25) is 4.57 Å². The predicted molar refractivity (Wildman–Crippen MR) is 63.6 cm³/mol. The fraction of sp³-hybridized carbons (Fsp3) is 1.00. The molecule has 4 nitrogen and oxygen atoms in total. The number of hydrogen-bond acceptors (Lipinski definition) is 3. The monoisotopic (exact) mass is 445 g/mol. The molecule has 14 heavy (non-hydrogen) atoms. The molecule has 0 aromatic heterocycles. The molecule has 0 atom stereocenters.